The third-order valence-electron chi connectivity index (χ3n) is 5.10. The Hall–Kier alpha value is -1.76. The predicted molar refractivity (Wildman–Crippen MR) is 85.3 cm³/mol. The number of rotatable bonds is 3. The summed E-state index contributed by atoms with van der Waals surface area (Å²) in [5, 5.41) is 9.22. The Bertz CT molecular complexity index is 656. The number of hydrogen-bond acceptors (Lipinski definition) is 7. The minimum absolute atomic E-state index is 0.691. The summed E-state index contributed by atoms with van der Waals surface area (Å²) in [4.78, 5) is 13.8. The molecule has 0 bridgehead atoms. The molecule has 2 saturated heterocycles. The number of nitrogens with zero attached hydrogens (tertiary/aromatic N) is 6. The third kappa shape index (κ3) is 2.15. The largest absolute Gasteiger partial charge is 0.356 e. The van der Waals surface area contributed by atoms with E-state index in [1.807, 2.05) is 5.51 Å². The molecule has 2 aromatic rings. The molecule has 1 aliphatic carbocycles. The van der Waals surface area contributed by atoms with Crippen molar-refractivity contribution in [3.63, 3.8) is 0 Å². The highest BCUT2D eigenvalue weighted by atomic mass is 32.1. The van der Waals surface area contributed by atoms with Crippen molar-refractivity contribution in [2.24, 2.45) is 11.8 Å². The van der Waals surface area contributed by atoms with E-state index >= 15 is 0 Å². The van der Waals surface area contributed by atoms with Gasteiger partial charge >= 0.3 is 0 Å². The molecule has 1 saturated carbocycles. The first-order chi connectivity index (χ1) is 10.9. The maximum Gasteiger partial charge on any atom is 0.208 e. The minimum atomic E-state index is 0.691. The highest BCUT2D eigenvalue weighted by Gasteiger charge is 2.41. The summed E-state index contributed by atoms with van der Waals surface area (Å²) in [5.41, 5.74) is 3.05. The van der Waals surface area contributed by atoms with E-state index in [2.05, 4.69) is 36.0 Å². The molecule has 2 unspecified atom stereocenters. The Morgan fingerprint density at radius 2 is 1.77 bits per heavy atom. The van der Waals surface area contributed by atoms with Crippen LogP contribution in [0.25, 0.3) is 0 Å². The second kappa shape index (κ2) is 4.87. The van der Waals surface area contributed by atoms with Gasteiger partial charge < -0.3 is 9.80 Å². The van der Waals surface area contributed by atoms with Crippen LogP contribution in [-0.4, -0.2) is 46.3 Å². The molecule has 6 nitrogen and oxygen atoms in total. The first kappa shape index (κ1) is 12.8. The molecule has 2 aliphatic heterocycles. The summed E-state index contributed by atoms with van der Waals surface area (Å²) in [6, 6.07) is 2.21. The molecular formula is C15H18N6S. The molecule has 0 aromatic carbocycles. The van der Waals surface area contributed by atoms with Gasteiger partial charge in [0.15, 0.2) is 0 Å². The quantitative estimate of drug-likeness (QED) is 0.861. The van der Waals surface area contributed by atoms with Crippen molar-refractivity contribution in [2.45, 2.75) is 18.8 Å². The molecule has 4 heterocycles. The summed E-state index contributed by atoms with van der Waals surface area (Å²) in [6.07, 6.45) is 4.32. The summed E-state index contributed by atoms with van der Waals surface area (Å²) >= 11 is 1.64. The number of aromatic nitrogens is 4. The molecule has 2 atom stereocenters. The Labute approximate surface area is 133 Å². The summed E-state index contributed by atoms with van der Waals surface area (Å²) < 4.78 is 0. The molecule has 2 aromatic heterocycles. The van der Waals surface area contributed by atoms with E-state index in [1.165, 1.54) is 18.5 Å². The molecule has 0 radical (unpaired) electrons. The molecule has 22 heavy (non-hydrogen) atoms. The predicted octanol–water partition coefficient (Wildman–Crippen LogP) is 1.78. The van der Waals surface area contributed by atoms with Crippen molar-refractivity contribution in [1.82, 2.24) is 20.2 Å². The van der Waals surface area contributed by atoms with Crippen LogP contribution in [0.3, 0.4) is 0 Å². The van der Waals surface area contributed by atoms with E-state index in [9.17, 15) is 0 Å². The molecule has 114 valence electrons. The van der Waals surface area contributed by atoms with Gasteiger partial charge in [0.05, 0.1) is 0 Å². The van der Waals surface area contributed by atoms with Crippen LogP contribution >= 0.6 is 11.3 Å². The normalized spacial score (nSPS) is 27.5. The van der Waals surface area contributed by atoms with Gasteiger partial charge in [0, 0.05) is 55.7 Å². The average molecular weight is 314 g/mol. The van der Waals surface area contributed by atoms with Crippen LogP contribution in [0, 0.1) is 11.8 Å². The van der Waals surface area contributed by atoms with Crippen LogP contribution in [-0.2, 0) is 0 Å². The van der Waals surface area contributed by atoms with Crippen molar-refractivity contribution in [3.05, 3.63) is 23.6 Å². The topological polar surface area (TPSA) is 58.0 Å². The molecule has 5 rings (SSSR count). The van der Waals surface area contributed by atoms with Gasteiger partial charge in [-0.2, -0.15) is 0 Å². The Balaban J connectivity index is 1.30. The van der Waals surface area contributed by atoms with Gasteiger partial charge in [-0.3, -0.25) is 0 Å². The first-order valence-corrected chi connectivity index (χ1v) is 8.83. The van der Waals surface area contributed by atoms with Crippen LogP contribution < -0.4 is 9.80 Å². The van der Waals surface area contributed by atoms with Gasteiger partial charge in [0.25, 0.3) is 0 Å². The molecule has 0 amide bonds. The lowest BCUT2D eigenvalue weighted by Crippen LogP contribution is -2.29. The fraction of sp³-hybridized carbons (Fsp3) is 0.600. The van der Waals surface area contributed by atoms with E-state index in [1.54, 1.807) is 17.7 Å². The Morgan fingerprint density at radius 3 is 2.45 bits per heavy atom. The van der Waals surface area contributed by atoms with Crippen molar-refractivity contribution >= 4 is 22.3 Å². The van der Waals surface area contributed by atoms with E-state index in [0.29, 0.717) is 17.8 Å². The lowest BCUT2D eigenvalue weighted by molar-refractivity contribution is 0.533. The van der Waals surface area contributed by atoms with Gasteiger partial charge in [0.2, 0.25) is 5.13 Å². The molecule has 0 spiro atoms. The molecule has 0 N–H and O–H groups in total. The standard InChI is InChI=1S/C15H18N6S/c1-2-10(1)13-3-14(17-8-16-13)20-4-11-6-21(7-12(11)5-20)15-19-18-9-22-15/h3,8-12H,1-2,4-7H2. The smallest absolute Gasteiger partial charge is 0.208 e. The molecule has 7 heteroatoms. The maximum absolute atomic E-state index is 4.51. The summed E-state index contributed by atoms with van der Waals surface area (Å²) in [7, 11) is 0. The van der Waals surface area contributed by atoms with Gasteiger partial charge in [0.1, 0.15) is 17.7 Å². The van der Waals surface area contributed by atoms with E-state index in [-0.39, 0.29) is 0 Å². The van der Waals surface area contributed by atoms with E-state index in [4.69, 9.17) is 0 Å². The van der Waals surface area contributed by atoms with Crippen LogP contribution in [0.5, 0.6) is 0 Å². The lowest BCUT2D eigenvalue weighted by Gasteiger charge is -2.22. The van der Waals surface area contributed by atoms with Gasteiger partial charge in [-0.25, -0.2) is 9.97 Å². The fourth-order valence-electron chi connectivity index (χ4n) is 3.78. The van der Waals surface area contributed by atoms with Crippen molar-refractivity contribution in [3.8, 4) is 0 Å². The number of fused-ring (bicyclic) bond motifs is 1. The monoisotopic (exact) mass is 314 g/mol. The zero-order valence-corrected chi connectivity index (χ0v) is 13.1. The zero-order chi connectivity index (χ0) is 14.5. The third-order valence-corrected chi connectivity index (χ3v) is 5.85. The van der Waals surface area contributed by atoms with Gasteiger partial charge in [-0.15, -0.1) is 10.2 Å². The van der Waals surface area contributed by atoms with Crippen molar-refractivity contribution in [1.29, 1.82) is 0 Å². The maximum atomic E-state index is 4.51. The van der Waals surface area contributed by atoms with Crippen molar-refractivity contribution in [2.75, 3.05) is 36.0 Å². The van der Waals surface area contributed by atoms with Crippen LogP contribution in [0.4, 0.5) is 10.9 Å². The average Bonchev–Trinajstić information content (AvgIpc) is 2.95. The second-order valence-electron chi connectivity index (χ2n) is 6.63. The van der Waals surface area contributed by atoms with Crippen molar-refractivity contribution < 1.29 is 0 Å². The summed E-state index contributed by atoms with van der Waals surface area (Å²) in [6.45, 7) is 4.38. The van der Waals surface area contributed by atoms with Gasteiger partial charge in [-0.1, -0.05) is 11.3 Å². The number of anilines is 2. The zero-order valence-electron chi connectivity index (χ0n) is 12.3. The Morgan fingerprint density at radius 1 is 1.00 bits per heavy atom. The van der Waals surface area contributed by atoms with Crippen LogP contribution in [0.15, 0.2) is 17.9 Å². The van der Waals surface area contributed by atoms with Crippen LogP contribution in [0.2, 0.25) is 0 Å². The van der Waals surface area contributed by atoms with E-state index in [0.717, 1.165) is 37.1 Å². The molecular weight excluding hydrogens is 296 g/mol. The lowest BCUT2D eigenvalue weighted by atomic mass is 10.0. The van der Waals surface area contributed by atoms with Crippen LogP contribution in [0.1, 0.15) is 24.5 Å². The summed E-state index contributed by atoms with van der Waals surface area (Å²) in [5.74, 6) is 3.23. The van der Waals surface area contributed by atoms with Gasteiger partial charge in [-0.05, 0) is 12.8 Å². The highest BCUT2D eigenvalue weighted by Crippen LogP contribution is 2.40. The Kier molecular flexibility index (Phi) is 2.82. The SMILES string of the molecule is c1nc(C2CC2)cc(N2CC3CN(c4nncs4)CC3C2)n1. The molecule has 3 aliphatic rings. The fourth-order valence-corrected chi connectivity index (χ4v) is 4.36. The highest BCUT2D eigenvalue weighted by molar-refractivity contribution is 7.13. The molecule has 3 fully saturated rings. The van der Waals surface area contributed by atoms with E-state index < -0.39 is 0 Å². The second-order valence-corrected chi connectivity index (χ2v) is 7.44. The minimum Gasteiger partial charge on any atom is -0.356 e. The number of hydrogen-bond donors (Lipinski definition) is 0. The first-order valence-electron chi connectivity index (χ1n) is 7.95.